The van der Waals surface area contributed by atoms with Gasteiger partial charge in [0.2, 0.25) is 0 Å². The third-order valence-electron chi connectivity index (χ3n) is 2.23. The van der Waals surface area contributed by atoms with Crippen molar-refractivity contribution in [3.63, 3.8) is 0 Å². The van der Waals surface area contributed by atoms with Gasteiger partial charge in [-0.3, -0.25) is 4.79 Å². The second-order valence-corrected chi connectivity index (χ2v) is 3.49. The van der Waals surface area contributed by atoms with E-state index in [9.17, 15) is 14.4 Å². The summed E-state index contributed by atoms with van der Waals surface area (Å²) < 4.78 is 9.67. The van der Waals surface area contributed by atoms with Crippen LogP contribution in [-0.4, -0.2) is 17.0 Å². The molecule has 1 aromatic carbocycles. The minimum absolute atomic E-state index is 0.156. The van der Waals surface area contributed by atoms with E-state index in [0.29, 0.717) is 0 Å². The summed E-state index contributed by atoms with van der Waals surface area (Å²) in [4.78, 5) is 33.5. The van der Waals surface area contributed by atoms with Gasteiger partial charge >= 0.3 is 17.6 Å². The van der Waals surface area contributed by atoms with Crippen molar-refractivity contribution in [1.29, 1.82) is 0 Å². The molecular formula is C12H8O6. The van der Waals surface area contributed by atoms with Crippen LogP contribution in [0.5, 0.6) is 5.75 Å². The summed E-state index contributed by atoms with van der Waals surface area (Å²) in [6.07, 6.45) is 0. The number of para-hydroxylation sites is 1. The van der Waals surface area contributed by atoms with E-state index in [1.807, 2.05) is 0 Å². The average molecular weight is 248 g/mol. The Morgan fingerprint density at radius 1 is 1.28 bits per heavy atom. The number of rotatable bonds is 2. The number of hydrogen-bond acceptors (Lipinski definition) is 5. The van der Waals surface area contributed by atoms with Crippen LogP contribution in [0.3, 0.4) is 0 Å². The number of ether oxygens (including phenoxy) is 1. The van der Waals surface area contributed by atoms with Gasteiger partial charge in [-0.1, -0.05) is 12.1 Å². The largest absolute Gasteiger partial charge is 0.477 e. The third kappa shape index (κ3) is 1.95. The van der Waals surface area contributed by atoms with Crippen molar-refractivity contribution in [2.75, 3.05) is 0 Å². The summed E-state index contributed by atoms with van der Waals surface area (Å²) in [5.74, 6) is -2.51. The standard InChI is InChI=1S/C12H8O6/c1-6(13)17-10-7-4-2-3-5-8(7)18-12(16)9(10)11(14)15/h2-5H,1H3,(H,14,15). The molecule has 6 heteroatoms. The minimum Gasteiger partial charge on any atom is -0.477 e. The van der Waals surface area contributed by atoms with E-state index in [2.05, 4.69) is 0 Å². The molecule has 1 aromatic heterocycles. The first-order valence-electron chi connectivity index (χ1n) is 4.98. The molecule has 0 radical (unpaired) electrons. The fourth-order valence-electron chi connectivity index (χ4n) is 1.56. The Balaban J connectivity index is 2.89. The van der Waals surface area contributed by atoms with Crippen LogP contribution in [0.25, 0.3) is 11.0 Å². The lowest BCUT2D eigenvalue weighted by Gasteiger charge is -2.07. The van der Waals surface area contributed by atoms with E-state index in [4.69, 9.17) is 14.3 Å². The smallest absolute Gasteiger partial charge is 0.354 e. The highest BCUT2D eigenvalue weighted by molar-refractivity contribution is 5.99. The van der Waals surface area contributed by atoms with Crippen molar-refractivity contribution in [2.45, 2.75) is 6.92 Å². The van der Waals surface area contributed by atoms with Crippen LogP contribution in [0.2, 0.25) is 0 Å². The number of benzene rings is 1. The van der Waals surface area contributed by atoms with Gasteiger partial charge in [-0.15, -0.1) is 0 Å². The summed E-state index contributed by atoms with van der Waals surface area (Å²) in [5.41, 5.74) is -1.59. The minimum atomic E-state index is -1.51. The van der Waals surface area contributed by atoms with Crippen molar-refractivity contribution >= 4 is 22.9 Å². The molecule has 6 nitrogen and oxygen atoms in total. The summed E-state index contributed by atoms with van der Waals surface area (Å²) in [5, 5.41) is 9.22. The van der Waals surface area contributed by atoms with Crippen molar-refractivity contribution in [2.24, 2.45) is 0 Å². The van der Waals surface area contributed by atoms with Crippen molar-refractivity contribution < 1.29 is 23.8 Å². The van der Waals surface area contributed by atoms with Gasteiger partial charge in [0.15, 0.2) is 11.3 Å². The Labute approximate surface area is 100 Å². The first-order chi connectivity index (χ1) is 8.50. The number of fused-ring (bicyclic) bond motifs is 1. The monoisotopic (exact) mass is 248 g/mol. The highest BCUT2D eigenvalue weighted by atomic mass is 16.5. The maximum atomic E-state index is 11.5. The average Bonchev–Trinajstić information content (AvgIpc) is 2.27. The van der Waals surface area contributed by atoms with Crippen LogP contribution in [0, 0.1) is 0 Å². The fraction of sp³-hybridized carbons (Fsp3) is 0.0833. The number of carbonyl (C=O) groups excluding carboxylic acids is 1. The number of carboxylic acid groups (broad SMARTS) is 1. The number of carbonyl (C=O) groups is 2. The molecule has 0 amide bonds. The molecule has 18 heavy (non-hydrogen) atoms. The van der Waals surface area contributed by atoms with Gasteiger partial charge in [0.1, 0.15) is 5.58 Å². The summed E-state index contributed by atoms with van der Waals surface area (Å²) in [6, 6.07) is 6.21. The molecule has 1 heterocycles. The number of carboxylic acids is 1. The van der Waals surface area contributed by atoms with Gasteiger partial charge in [-0.05, 0) is 12.1 Å². The first-order valence-corrected chi connectivity index (χ1v) is 4.98. The molecule has 0 saturated heterocycles. The normalized spacial score (nSPS) is 10.3. The zero-order valence-corrected chi connectivity index (χ0v) is 9.30. The topological polar surface area (TPSA) is 93.8 Å². The van der Waals surface area contributed by atoms with Crippen LogP contribution in [-0.2, 0) is 4.79 Å². The summed E-state index contributed by atoms with van der Waals surface area (Å²) in [7, 11) is 0. The van der Waals surface area contributed by atoms with E-state index in [1.165, 1.54) is 12.1 Å². The van der Waals surface area contributed by atoms with Gasteiger partial charge < -0.3 is 14.3 Å². The predicted molar refractivity (Wildman–Crippen MR) is 60.8 cm³/mol. The zero-order valence-electron chi connectivity index (χ0n) is 9.30. The lowest BCUT2D eigenvalue weighted by atomic mass is 10.1. The Kier molecular flexibility index (Phi) is 2.85. The van der Waals surface area contributed by atoms with Crippen LogP contribution < -0.4 is 10.4 Å². The Morgan fingerprint density at radius 3 is 2.56 bits per heavy atom. The molecule has 1 N–H and O–H groups in total. The molecular weight excluding hydrogens is 240 g/mol. The highest BCUT2D eigenvalue weighted by Gasteiger charge is 2.22. The quantitative estimate of drug-likeness (QED) is 0.638. The maximum Gasteiger partial charge on any atom is 0.354 e. The summed E-state index contributed by atoms with van der Waals surface area (Å²) >= 11 is 0. The van der Waals surface area contributed by atoms with Gasteiger partial charge in [0, 0.05) is 6.92 Å². The molecule has 0 unspecified atom stereocenters. The Bertz CT molecular complexity index is 697. The number of aromatic carboxylic acids is 1. The van der Waals surface area contributed by atoms with Crippen molar-refractivity contribution in [3.8, 4) is 5.75 Å². The first kappa shape index (κ1) is 11.8. The zero-order chi connectivity index (χ0) is 13.3. The van der Waals surface area contributed by atoms with Crippen LogP contribution in [0.1, 0.15) is 17.3 Å². The molecule has 92 valence electrons. The van der Waals surface area contributed by atoms with E-state index in [0.717, 1.165) is 6.92 Å². The lowest BCUT2D eigenvalue weighted by Crippen LogP contribution is -2.17. The second-order valence-electron chi connectivity index (χ2n) is 3.49. The molecule has 0 saturated carbocycles. The Hall–Kier alpha value is -2.63. The van der Waals surface area contributed by atoms with Crippen molar-refractivity contribution in [3.05, 3.63) is 40.2 Å². The van der Waals surface area contributed by atoms with E-state index >= 15 is 0 Å². The molecule has 2 aromatic rings. The van der Waals surface area contributed by atoms with Gasteiger partial charge in [-0.2, -0.15) is 0 Å². The van der Waals surface area contributed by atoms with E-state index < -0.39 is 23.1 Å². The lowest BCUT2D eigenvalue weighted by molar-refractivity contribution is -0.131. The second kappa shape index (κ2) is 4.33. The van der Waals surface area contributed by atoms with E-state index in [-0.39, 0.29) is 16.7 Å². The predicted octanol–water partition coefficient (Wildman–Crippen LogP) is 1.42. The molecule has 0 aliphatic rings. The molecule has 0 aliphatic heterocycles. The number of hydrogen-bond donors (Lipinski definition) is 1. The molecule has 0 spiro atoms. The summed E-state index contributed by atoms with van der Waals surface area (Å²) in [6.45, 7) is 1.12. The molecule has 0 bridgehead atoms. The van der Waals surface area contributed by atoms with Gasteiger partial charge in [0.05, 0.1) is 5.39 Å². The molecule has 0 aliphatic carbocycles. The highest BCUT2D eigenvalue weighted by Crippen LogP contribution is 2.27. The fourth-order valence-corrected chi connectivity index (χ4v) is 1.56. The molecule has 0 atom stereocenters. The van der Waals surface area contributed by atoms with Gasteiger partial charge in [0.25, 0.3) is 0 Å². The van der Waals surface area contributed by atoms with Gasteiger partial charge in [-0.25, -0.2) is 9.59 Å². The van der Waals surface area contributed by atoms with Crippen LogP contribution in [0.15, 0.2) is 33.5 Å². The van der Waals surface area contributed by atoms with Crippen molar-refractivity contribution in [1.82, 2.24) is 0 Å². The Morgan fingerprint density at radius 2 is 1.94 bits per heavy atom. The maximum absolute atomic E-state index is 11.5. The SMILES string of the molecule is CC(=O)Oc1c(C(=O)O)c(=O)oc2ccccc12. The van der Waals surface area contributed by atoms with Crippen LogP contribution in [0.4, 0.5) is 0 Å². The van der Waals surface area contributed by atoms with E-state index in [1.54, 1.807) is 12.1 Å². The number of esters is 1. The van der Waals surface area contributed by atoms with Crippen LogP contribution >= 0.6 is 0 Å². The molecule has 2 rings (SSSR count). The third-order valence-corrected chi connectivity index (χ3v) is 2.23. The molecule has 0 fully saturated rings.